The average Bonchev–Trinajstić information content (AvgIpc) is 3.37. The van der Waals surface area contributed by atoms with Crippen molar-refractivity contribution in [2.75, 3.05) is 13.2 Å². The molecule has 32 heavy (non-hydrogen) atoms. The molecule has 0 atom stereocenters. The van der Waals surface area contributed by atoms with Crippen LogP contribution in [0.25, 0.3) is 16.9 Å². The van der Waals surface area contributed by atoms with Crippen LogP contribution in [-0.4, -0.2) is 49.5 Å². The van der Waals surface area contributed by atoms with Crippen LogP contribution in [0.15, 0.2) is 55.1 Å². The lowest BCUT2D eigenvalue weighted by Crippen LogP contribution is -2.59. The summed E-state index contributed by atoms with van der Waals surface area (Å²) in [6.07, 6.45) is 8.04. The summed E-state index contributed by atoms with van der Waals surface area (Å²) in [4.78, 5) is 17.4. The van der Waals surface area contributed by atoms with Crippen molar-refractivity contribution in [2.45, 2.75) is 25.3 Å². The number of ether oxygens (including phenoxy) is 1. The molecule has 3 aromatic heterocycles. The zero-order chi connectivity index (χ0) is 21.7. The highest BCUT2D eigenvalue weighted by molar-refractivity contribution is 6.00. The molecule has 8 heteroatoms. The van der Waals surface area contributed by atoms with Crippen LogP contribution in [0, 0.1) is 5.41 Å². The second-order valence-corrected chi connectivity index (χ2v) is 9.11. The number of carbonyl (C=O) groups is 1. The monoisotopic (exact) mass is 428 g/mol. The van der Waals surface area contributed by atoms with Crippen LogP contribution in [-0.2, 0) is 18.2 Å². The van der Waals surface area contributed by atoms with Gasteiger partial charge in [0.15, 0.2) is 5.65 Å². The maximum Gasteiger partial charge on any atom is 0.255 e. The average molecular weight is 428 g/mol. The third kappa shape index (κ3) is 3.36. The maximum absolute atomic E-state index is 13.1. The molecule has 2 fully saturated rings. The zero-order valence-electron chi connectivity index (χ0n) is 17.9. The number of nitrogens with zero attached hydrogens (tertiary/aromatic N) is 5. The summed E-state index contributed by atoms with van der Waals surface area (Å²) >= 11 is 0. The van der Waals surface area contributed by atoms with Crippen LogP contribution in [0.4, 0.5) is 0 Å². The Kier molecular flexibility index (Phi) is 4.36. The minimum atomic E-state index is -0.0876. The van der Waals surface area contributed by atoms with Gasteiger partial charge in [-0.3, -0.25) is 9.48 Å². The molecule has 0 bridgehead atoms. The summed E-state index contributed by atoms with van der Waals surface area (Å²) in [5, 5.41) is 11.9. The number of hydrogen-bond donors (Lipinski definition) is 1. The molecule has 1 amide bonds. The van der Waals surface area contributed by atoms with Crippen LogP contribution in [0.3, 0.4) is 0 Å². The quantitative estimate of drug-likeness (QED) is 0.528. The summed E-state index contributed by atoms with van der Waals surface area (Å²) in [6.45, 7) is 1.64. The number of amides is 1. The first-order chi connectivity index (χ1) is 15.6. The van der Waals surface area contributed by atoms with E-state index >= 15 is 0 Å². The Morgan fingerprint density at radius 1 is 1.19 bits per heavy atom. The predicted octanol–water partition coefficient (Wildman–Crippen LogP) is 2.63. The fourth-order valence-electron chi connectivity index (χ4n) is 4.82. The van der Waals surface area contributed by atoms with E-state index in [1.165, 1.54) is 6.33 Å². The summed E-state index contributed by atoms with van der Waals surface area (Å²) in [6, 6.07) is 12.5. The standard InChI is InChI=1S/C24H24N6O2/c1-29-7-6-21(28-29)18-4-2-16(3-5-18)8-17-9-20(22-25-15-26-30(22)12-17)23(31)27-19-10-24(11-19)13-32-14-24/h2-7,9,12,15,19H,8,10-11,13-14H2,1H3,(H,27,31). The van der Waals surface area contributed by atoms with Gasteiger partial charge in [-0.25, -0.2) is 9.50 Å². The molecule has 4 aromatic rings. The van der Waals surface area contributed by atoms with Crippen molar-refractivity contribution in [3.63, 3.8) is 0 Å². The van der Waals surface area contributed by atoms with Gasteiger partial charge in [-0.05, 0) is 42.5 Å². The smallest absolute Gasteiger partial charge is 0.255 e. The van der Waals surface area contributed by atoms with E-state index in [-0.39, 0.29) is 11.9 Å². The van der Waals surface area contributed by atoms with Crippen LogP contribution in [0.1, 0.15) is 34.3 Å². The molecular weight excluding hydrogens is 404 g/mol. The lowest BCUT2D eigenvalue weighted by molar-refractivity contribution is -0.165. The number of carbonyl (C=O) groups excluding carboxylic acids is 1. The lowest BCUT2D eigenvalue weighted by atomic mass is 9.64. The number of fused-ring (bicyclic) bond motifs is 1. The van der Waals surface area contributed by atoms with Gasteiger partial charge in [-0.1, -0.05) is 24.3 Å². The SMILES string of the molecule is Cn1ccc(-c2ccc(Cc3cc(C(=O)NC4CC5(COC5)C4)c4ncnn4c3)cc2)n1. The van der Waals surface area contributed by atoms with Gasteiger partial charge in [0.05, 0.1) is 24.5 Å². The van der Waals surface area contributed by atoms with E-state index in [0.29, 0.717) is 23.0 Å². The number of aryl methyl sites for hydroxylation is 1. The normalized spacial score (nSPS) is 17.3. The van der Waals surface area contributed by atoms with Crippen molar-refractivity contribution in [3.05, 3.63) is 71.8 Å². The van der Waals surface area contributed by atoms with Gasteiger partial charge in [0.25, 0.3) is 5.91 Å². The van der Waals surface area contributed by atoms with E-state index in [1.807, 2.05) is 31.6 Å². The number of nitrogens with one attached hydrogen (secondary N) is 1. The molecule has 8 nitrogen and oxygen atoms in total. The van der Waals surface area contributed by atoms with Crippen molar-refractivity contribution in [1.29, 1.82) is 0 Å². The second kappa shape index (κ2) is 7.27. The van der Waals surface area contributed by atoms with E-state index in [1.54, 1.807) is 9.20 Å². The topological polar surface area (TPSA) is 86.3 Å². The van der Waals surface area contributed by atoms with Gasteiger partial charge in [0.2, 0.25) is 0 Å². The fourth-order valence-corrected chi connectivity index (χ4v) is 4.82. The molecule has 1 saturated heterocycles. The van der Waals surface area contributed by atoms with Crippen molar-refractivity contribution >= 4 is 11.6 Å². The van der Waals surface area contributed by atoms with Crippen LogP contribution >= 0.6 is 0 Å². The molecule has 6 rings (SSSR count). The van der Waals surface area contributed by atoms with Gasteiger partial charge < -0.3 is 10.1 Å². The fraction of sp³-hybridized carbons (Fsp3) is 0.333. The van der Waals surface area contributed by atoms with E-state index in [2.05, 4.69) is 44.8 Å². The zero-order valence-corrected chi connectivity index (χ0v) is 17.9. The Balaban J connectivity index is 1.21. The van der Waals surface area contributed by atoms with Crippen molar-refractivity contribution in [2.24, 2.45) is 12.5 Å². The van der Waals surface area contributed by atoms with Gasteiger partial charge >= 0.3 is 0 Å². The predicted molar refractivity (Wildman–Crippen MR) is 118 cm³/mol. The highest BCUT2D eigenvalue weighted by Crippen LogP contribution is 2.46. The van der Waals surface area contributed by atoms with E-state index in [4.69, 9.17) is 4.74 Å². The summed E-state index contributed by atoms with van der Waals surface area (Å²) in [5.74, 6) is -0.0876. The molecule has 1 saturated carbocycles. The van der Waals surface area contributed by atoms with Gasteiger partial charge in [-0.15, -0.1) is 0 Å². The highest BCUT2D eigenvalue weighted by atomic mass is 16.5. The summed E-state index contributed by atoms with van der Waals surface area (Å²) < 4.78 is 8.82. The first-order valence-electron chi connectivity index (χ1n) is 10.9. The number of hydrogen-bond acceptors (Lipinski definition) is 5. The van der Waals surface area contributed by atoms with Gasteiger partial charge in [0.1, 0.15) is 6.33 Å². The van der Waals surface area contributed by atoms with Crippen LogP contribution < -0.4 is 5.32 Å². The number of pyridine rings is 1. The third-order valence-electron chi connectivity index (χ3n) is 6.56. The molecular formula is C24H24N6O2. The third-order valence-corrected chi connectivity index (χ3v) is 6.56. The molecule has 1 aromatic carbocycles. The molecule has 1 aliphatic heterocycles. The molecule has 162 valence electrons. The first kappa shape index (κ1) is 19.2. The minimum Gasteiger partial charge on any atom is -0.380 e. The van der Waals surface area contributed by atoms with Crippen molar-refractivity contribution < 1.29 is 9.53 Å². The molecule has 1 N–H and O–H groups in total. The largest absolute Gasteiger partial charge is 0.380 e. The number of rotatable bonds is 5. The van der Waals surface area contributed by atoms with E-state index in [9.17, 15) is 4.79 Å². The van der Waals surface area contributed by atoms with E-state index in [0.717, 1.165) is 48.4 Å². The van der Waals surface area contributed by atoms with Gasteiger partial charge in [-0.2, -0.15) is 10.2 Å². The molecule has 2 aliphatic rings. The first-order valence-corrected chi connectivity index (χ1v) is 10.9. The molecule has 1 spiro atoms. The Morgan fingerprint density at radius 2 is 2.00 bits per heavy atom. The highest BCUT2D eigenvalue weighted by Gasteiger charge is 2.50. The molecule has 0 unspecified atom stereocenters. The van der Waals surface area contributed by atoms with E-state index < -0.39 is 0 Å². The molecule has 0 radical (unpaired) electrons. The van der Waals surface area contributed by atoms with Crippen LogP contribution in [0.5, 0.6) is 0 Å². The maximum atomic E-state index is 13.1. The molecule has 4 heterocycles. The second-order valence-electron chi connectivity index (χ2n) is 9.11. The molecule has 1 aliphatic carbocycles. The number of aromatic nitrogens is 5. The van der Waals surface area contributed by atoms with Gasteiger partial charge in [0, 0.05) is 36.5 Å². The summed E-state index contributed by atoms with van der Waals surface area (Å²) in [7, 11) is 1.91. The lowest BCUT2D eigenvalue weighted by Gasteiger charge is -2.53. The minimum absolute atomic E-state index is 0.0876. The summed E-state index contributed by atoms with van der Waals surface area (Å²) in [5.41, 5.74) is 5.65. The van der Waals surface area contributed by atoms with Crippen molar-refractivity contribution in [3.8, 4) is 11.3 Å². The Hall–Kier alpha value is -3.52. The Bertz CT molecular complexity index is 1290. The van der Waals surface area contributed by atoms with Crippen molar-refractivity contribution in [1.82, 2.24) is 29.7 Å². The Morgan fingerprint density at radius 3 is 2.69 bits per heavy atom. The Labute approximate surface area is 185 Å². The van der Waals surface area contributed by atoms with Crippen LogP contribution in [0.2, 0.25) is 0 Å². The number of benzene rings is 1.